The maximum atomic E-state index is 9.87. The minimum absolute atomic E-state index is 0.175. The molecule has 0 aromatic rings. The summed E-state index contributed by atoms with van der Waals surface area (Å²) in [5, 5.41) is 13.3. The molecule has 0 aliphatic heterocycles. The number of aliphatic hydroxyl groups excluding tert-OH is 1. The zero-order chi connectivity index (χ0) is 14.0. The molecule has 0 aliphatic rings. The number of rotatable bonds is 10. The average molecular weight is 259 g/mol. The Hall–Kier alpha value is -0.120. The summed E-state index contributed by atoms with van der Waals surface area (Å²) in [5.74, 6) is 0. The number of hydrogen-bond donors (Lipinski definition) is 2. The van der Waals surface area contributed by atoms with Crippen LogP contribution >= 0.6 is 0 Å². The molecule has 0 radical (unpaired) electrons. The van der Waals surface area contributed by atoms with E-state index in [0.717, 1.165) is 0 Å². The second-order valence-corrected chi connectivity index (χ2v) is 6.11. The van der Waals surface area contributed by atoms with Crippen molar-refractivity contribution in [1.29, 1.82) is 0 Å². The summed E-state index contributed by atoms with van der Waals surface area (Å²) in [6.45, 7) is 11.5. The van der Waals surface area contributed by atoms with Gasteiger partial charge in [-0.2, -0.15) is 0 Å². The number of ether oxygens (including phenoxy) is 1. The first-order chi connectivity index (χ1) is 8.39. The molecular weight excluding hydrogens is 226 g/mol. The van der Waals surface area contributed by atoms with Gasteiger partial charge in [0.2, 0.25) is 0 Å². The van der Waals surface area contributed by atoms with Gasteiger partial charge in [-0.3, -0.25) is 0 Å². The number of aliphatic hydroxyl groups is 1. The van der Waals surface area contributed by atoms with Gasteiger partial charge in [-0.1, -0.05) is 33.1 Å². The Morgan fingerprint density at radius 1 is 1.11 bits per heavy atom. The fourth-order valence-electron chi connectivity index (χ4n) is 1.86. The second kappa shape index (κ2) is 9.76. The molecule has 0 spiro atoms. The molecule has 3 heteroatoms. The monoisotopic (exact) mass is 259 g/mol. The Bertz CT molecular complexity index is 189. The summed E-state index contributed by atoms with van der Waals surface area (Å²) >= 11 is 0. The van der Waals surface area contributed by atoms with Crippen LogP contribution in [0.5, 0.6) is 0 Å². The lowest BCUT2D eigenvalue weighted by Crippen LogP contribution is -2.38. The first-order valence-corrected chi connectivity index (χ1v) is 7.44. The van der Waals surface area contributed by atoms with Gasteiger partial charge >= 0.3 is 0 Å². The van der Waals surface area contributed by atoms with Gasteiger partial charge in [0.15, 0.2) is 0 Å². The van der Waals surface area contributed by atoms with E-state index in [1.165, 1.54) is 32.1 Å². The Labute approximate surface area is 113 Å². The number of nitrogens with one attached hydrogen (secondary N) is 1. The predicted octanol–water partition coefficient (Wildman–Crippen LogP) is 3.11. The lowest BCUT2D eigenvalue weighted by atomic mass is 10.1. The van der Waals surface area contributed by atoms with Gasteiger partial charge < -0.3 is 15.2 Å². The molecule has 2 unspecified atom stereocenters. The number of hydrogen-bond acceptors (Lipinski definition) is 3. The Balaban J connectivity index is 3.80. The van der Waals surface area contributed by atoms with E-state index in [2.05, 4.69) is 19.2 Å². The third-order valence-corrected chi connectivity index (χ3v) is 2.89. The van der Waals surface area contributed by atoms with Gasteiger partial charge in [-0.25, -0.2) is 0 Å². The van der Waals surface area contributed by atoms with Crippen molar-refractivity contribution in [3.63, 3.8) is 0 Å². The second-order valence-electron chi connectivity index (χ2n) is 6.11. The first-order valence-electron chi connectivity index (χ1n) is 7.44. The highest BCUT2D eigenvalue weighted by molar-refractivity contribution is 4.70. The van der Waals surface area contributed by atoms with E-state index in [9.17, 15) is 5.11 Å². The van der Waals surface area contributed by atoms with Gasteiger partial charge in [-0.05, 0) is 33.6 Å². The highest BCUT2D eigenvalue weighted by atomic mass is 16.5. The van der Waals surface area contributed by atoms with E-state index >= 15 is 0 Å². The van der Waals surface area contributed by atoms with E-state index in [1.54, 1.807) is 0 Å². The molecule has 0 saturated heterocycles. The Morgan fingerprint density at radius 3 is 2.28 bits per heavy atom. The number of unbranched alkanes of at least 4 members (excludes halogenated alkanes) is 1. The molecule has 110 valence electrons. The minimum atomic E-state index is -0.412. The van der Waals surface area contributed by atoms with Gasteiger partial charge in [0.05, 0.1) is 18.3 Å². The topological polar surface area (TPSA) is 41.5 Å². The van der Waals surface area contributed by atoms with Crippen molar-refractivity contribution in [2.45, 2.75) is 84.5 Å². The van der Waals surface area contributed by atoms with E-state index in [0.29, 0.717) is 19.2 Å². The van der Waals surface area contributed by atoms with Crippen LogP contribution in [0.1, 0.15) is 66.7 Å². The molecule has 0 fully saturated rings. The lowest BCUT2D eigenvalue weighted by molar-refractivity contribution is -0.0484. The van der Waals surface area contributed by atoms with Crippen molar-refractivity contribution >= 4 is 0 Å². The van der Waals surface area contributed by atoms with Crippen molar-refractivity contribution in [3.05, 3.63) is 0 Å². The molecule has 3 nitrogen and oxygen atoms in total. The van der Waals surface area contributed by atoms with E-state index < -0.39 is 6.10 Å². The fraction of sp³-hybridized carbons (Fsp3) is 1.00. The van der Waals surface area contributed by atoms with Crippen LogP contribution < -0.4 is 5.32 Å². The molecule has 2 N–H and O–H groups in total. The SMILES string of the molecule is CCCCC(CCC)NCC(O)COC(C)(C)C. The minimum Gasteiger partial charge on any atom is -0.389 e. The van der Waals surface area contributed by atoms with E-state index in [4.69, 9.17) is 4.74 Å². The largest absolute Gasteiger partial charge is 0.389 e. The zero-order valence-electron chi connectivity index (χ0n) is 13.0. The Morgan fingerprint density at radius 2 is 1.78 bits per heavy atom. The van der Waals surface area contributed by atoms with Gasteiger partial charge in [0, 0.05) is 12.6 Å². The molecule has 0 saturated carbocycles. The summed E-state index contributed by atoms with van der Waals surface area (Å²) < 4.78 is 5.57. The van der Waals surface area contributed by atoms with Crippen LogP contribution in [0.25, 0.3) is 0 Å². The van der Waals surface area contributed by atoms with Crippen LogP contribution in [0.15, 0.2) is 0 Å². The third kappa shape index (κ3) is 11.0. The van der Waals surface area contributed by atoms with Crippen molar-refractivity contribution in [2.75, 3.05) is 13.2 Å². The summed E-state index contributed by atoms with van der Waals surface area (Å²) in [4.78, 5) is 0. The summed E-state index contributed by atoms with van der Waals surface area (Å²) in [7, 11) is 0. The quantitative estimate of drug-likeness (QED) is 0.633. The molecule has 0 aliphatic carbocycles. The standard InChI is InChI=1S/C15H33NO2/c1-6-8-10-13(9-7-2)16-11-14(17)12-18-15(3,4)5/h13-14,16-17H,6-12H2,1-5H3. The van der Waals surface area contributed by atoms with Crippen LogP contribution in [0, 0.1) is 0 Å². The highest BCUT2D eigenvalue weighted by Gasteiger charge is 2.14. The molecule has 0 rings (SSSR count). The predicted molar refractivity (Wildman–Crippen MR) is 77.9 cm³/mol. The zero-order valence-corrected chi connectivity index (χ0v) is 13.0. The molecular formula is C15H33NO2. The molecule has 0 amide bonds. The van der Waals surface area contributed by atoms with Gasteiger partial charge in [0.25, 0.3) is 0 Å². The smallest absolute Gasteiger partial charge is 0.0898 e. The summed E-state index contributed by atoms with van der Waals surface area (Å²) in [6.07, 6.45) is 5.66. The van der Waals surface area contributed by atoms with Crippen molar-refractivity contribution in [2.24, 2.45) is 0 Å². The van der Waals surface area contributed by atoms with Crippen LogP contribution in [-0.2, 0) is 4.74 Å². The molecule has 0 bridgehead atoms. The maximum absolute atomic E-state index is 9.87. The van der Waals surface area contributed by atoms with Crippen LogP contribution in [0.2, 0.25) is 0 Å². The van der Waals surface area contributed by atoms with Crippen molar-refractivity contribution in [3.8, 4) is 0 Å². The fourth-order valence-corrected chi connectivity index (χ4v) is 1.86. The van der Waals surface area contributed by atoms with Crippen molar-refractivity contribution in [1.82, 2.24) is 5.32 Å². The van der Waals surface area contributed by atoms with Crippen molar-refractivity contribution < 1.29 is 9.84 Å². The molecule has 0 heterocycles. The first kappa shape index (κ1) is 17.9. The Kier molecular flexibility index (Phi) is 9.70. The lowest BCUT2D eigenvalue weighted by Gasteiger charge is -2.24. The average Bonchev–Trinajstić information content (AvgIpc) is 2.29. The third-order valence-electron chi connectivity index (χ3n) is 2.89. The molecule has 18 heavy (non-hydrogen) atoms. The molecule has 0 aromatic heterocycles. The van der Waals surface area contributed by atoms with Crippen LogP contribution in [0.4, 0.5) is 0 Å². The summed E-state index contributed by atoms with van der Waals surface area (Å²) in [5.41, 5.74) is -0.175. The maximum Gasteiger partial charge on any atom is 0.0898 e. The van der Waals surface area contributed by atoms with Gasteiger partial charge in [-0.15, -0.1) is 0 Å². The van der Waals surface area contributed by atoms with E-state index in [1.807, 2.05) is 20.8 Å². The molecule has 2 atom stereocenters. The van der Waals surface area contributed by atoms with Gasteiger partial charge in [0.1, 0.15) is 0 Å². The van der Waals surface area contributed by atoms with Crippen LogP contribution in [0.3, 0.4) is 0 Å². The molecule has 0 aromatic carbocycles. The normalized spacial score (nSPS) is 15.7. The van der Waals surface area contributed by atoms with E-state index in [-0.39, 0.29) is 5.60 Å². The summed E-state index contributed by atoms with van der Waals surface area (Å²) in [6, 6.07) is 0.541. The highest BCUT2D eigenvalue weighted by Crippen LogP contribution is 2.08. The van der Waals surface area contributed by atoms with Crippen LogP contribution in [-0.4, -0.2) is 36.0 Å².